The molecule has 2 rings (SSSR count). The van der Waals surface area contributed by atoms with E-state index in [4.69, 9.17) is 9.88 Å². The number of benzene rings is 2. The van der Waals surface area contributed by atoms with Crippen molar-refractivity contribution in [2.45, 2.75) is 24.7 Å². The fraction of sp³-hybridized carbons (Fsp3) is 0.176. The van der Waals surface area contributed by atoms with Crippen molar-refractivity contribution in [2.75, 3.05) is 5.32 Å². The maximum atomic E-state index is 12.0. The van der Waals surface area contributed by atoms with E-state index in [1.807, 2.05) is 0 Å². The molecule has 0 aromatic heterocycles. The first-order chi connectivity index (χ1) is 12.2. The number of aromatic carboxylic acids is 1. The molecule has 0 aliphatic rings. The second-order valence-corrected chi connectivity index (χ2v) is 6.94. The normalized spacial score (nSPS) is 10.6. The number of rotatable bonds is 7. The number of hydrogen-bond donors (Lipinski definition) is 3. The zero-order chi connectivity index (χ0) is 19.3. The van der Waals surface area contributed by atoms with Gasteiger partial charge in [-0.1, -0.05) is 25.1 Å². The summed E-state index contributed by atoms with van der Waals surface area (Å²) < 4.78 is 29.6. The van der Waals surface area contributed by atoms with Gasteiger partial charge in [0, 0.05) is 6.42 Å². The SMILES string of the molecule is CCCC(=O)Nc1cc(C(=O)O)cc(S(N)(=O)=O)c1Oc1ccccc1.[NaH]. The first kappa shape index (κ1) is 23.1. The molecule has 4 N–H and O–H groups in total. The summed E-state index contributed by atoms with van der Waals surface area (Å²) in [5.74, 6) is -1.72. The molecule has 0 unspecified atom stereocenters. The summed E-state index contributed by atoms with van der Waals surface area (Å²) in [5, 5.41) is 16.9. The third-order valence-corrected chi connectivity index (χ3v) is 4.24. The Hall–Kier alpha value is -1.91. The molecule has 8 nitrogen and oxygen atoms in total. The van der Waals surface area contributed by atoms with Crippen molar-refractivity contribution in [3.63, 3.8) is 0 Å². The van der Waals surface area contributed by atoms with E-state index in [2.05, 4.69) is 5.32 Å². The number of carboxylic acids is 1. The second-order valence-electron chi connectivity index (χ2n) is 5.41. The topological polar surface area (TPSA) is 136 Å². The van der Waals surface area contributed by atoms with Gasteiger partial charge in [-0.05, 0) is 30.7 Å². The van der Waals surface area contributed by atoms with Crippen molar-refractivity contribution in [1.29, 1.82) is 0 Å². The van der Waals surface area contributed by atoms with Crippen molar-refractivity contribution in [3.05, 3.63) is 48.0 Å². The minimum absolute atomic E-state index is 0. The molecule has 0 fully saturated rings. The molecule has 0 aliphatic carbocycles. The van der Waals surface area contributed by atoms with Gasteiger partial charge in [0.05, 0.1) is 11.3 Å². The summed E-state index contributed by atoms with van der Waals surface area (Å²) in [5.41, 5.74) is -0.433. The van der Waals surface area contributed by atoms with Crippen LogP contribution < -0.4 is 15.2 Å². The molecule has 0 aliphatic heterocycles. The van der Waals surface area contributed by atoms with Crippen LogP contribution in [-0.2, 0) is 14.8 Å². The fourth-order valence-corrected chi connectivity index (χ4v) is 2.88. The Morgan fingerprint density at radius 2 is 1.81 bits per heavy atom. The number of nitrogens with two attached hydrogens (primary N) is 1. The number of primary sulfonamides is 1. The van der Waals surface area contributed by atoms with Crippen LogP contribution in [0.3, 0.4) is 0 Å². The van der Waals surface area contributed by atoms with Crippen molar-refractivity contribution in [2.24, 2.45) is 5.14 Å². The van der Waals surface area contributed by atoms with E-state index < -0.39 is 26.8 Å². The van der Waals surface area contributed by atoms with Gasteiger partial charge in [-0.25, -0.2) is 18.4 Å². The summed E-state index contributed by atoms with van der Waals surface area (Å²) in [6.45, 7) is 1.80. The summed E-state index contributed by atoms with van der Waals surface area (Å²) in [7, 11) is -4.32. The Morgan fingerprint density at radius 1 is 1.19 bits per heavy atom. The molecular weight excluding hydrogens is 383 g/mol. The predicted molar refractivity (Wildman–Crippen MR) is 102 cm³/mol. The van der Waals surface area contributed by atoms with E-state index in [-0.39, 0.29) is 53.0 Å². The van der Waals surface area contributed by atoms with Gasteiger partial charge in [-0.3, -0.25) is 4.79 Å². The number of hydrogen-bond acceptors (Lipinski definition) is 5. The van der Waals surface area contributed by atoms with Crippen LogP contribution in [0.5, 0.6) is 11.5 Å². The second kappa shape index (κ2) is 9.86. The molecule has 0 atom stereocenters. The molecule has 0 spiro atoms. The number of carbonyl (C=O) groups is 2. The number of para-hydroxylation sites is 1. The molecule has 1 amide bonds. The van der Waals surface area contributed by atoms with E-state index in [0.717, 1.165) is 12.1 Å². The van der Waals surface area contributed by atoms with Gasteiger partial charge in [-0.15, -0.1) is 0 Å². The van der Waals surface area contributed by atoms with E-state index in [1.165, 1.54) is 0 Å². The molecule has 0 bridgehead atoms. The minimum atomic E-state index is -4.32. The monoisotopic (exact) mass is 402 g/mol. The summed E-state index contributed by atoms with van der Waals surface area (Å²) in [6.07, 6.45) is 0.730. The van der Waals surface area contributed by atoms with Gasteiger partial charge in [-0.2, -0.15) is 0 Å². The number of amides is 1. The zero-order valence-electron chi connectivity index (χ0n) is 13.9. The van der Waals surface area contributed by atoms with E-state index in [1.54, 1.807) is 37.3 Å². The standard InChI is InChI=1S/C17H18N2O6S.Na.H/c1-2-6-15(20)19-13-9-11(17(21)22)10-14(26(18,23)24)16(13)25-12-7-4-3-5-8-12;;/h3-5,7-10H,2,6H2,1H3,(H,19,20)(H,21,22)(H2,18,23,24);;. The summed E-state index contributed by atoms with van der Waals surface area (Å²) in [6, 6.07) is 10.3. The van der Waals surface area contributed by atoms with E-state index in [9.17, 15) is 23.1 Å². The Kier molecular flexibility index (Phi) is 8.45. The first-order valence-electron chi connectivity index (χ1n) is 7.69. The first-order valence-corrected chi connectivity index (χ1v) is 9.24. The van der Waals surface area contributed by atoms with Gasteiger partial charge in [0.2, 0.25) is 15.9 Å². The predicted octanol–water partition coefficient (Wildman–Crippen LogP) is 1.91. The average molecular weight is 402 g/mol. The van der Waals surface area contributed by atoms with Crippen molar-refractivity contribution in [1.82, 2.24) is 0 Å². The molecule has 2 aromatic rings. The maximum absolute atomic E-state index is 12.0. The number of sulfonamides is 1. The molecule has 10 heteroatoms. The summed E-state index contributed by atoms with van der Waals surface area (Å²) in [4.78, 5) is 22.8. The van der Waals surface area contributed by atoms with Crippen LogP contribution in [0.15, 0.2) is 47.4 Å². The fourth-order valence-electron chi connectivity index (χ4n) is 2.18. The zero-order valence-corrected chi connectivity index (χ0v) is 14.7. The van der Waals surface area contributed by atoms with Crippen LogP contribution in [0.2, 0.25) is 0 Å². The molecule has 0 radical (unpaired) electrons. The Bertz CT molecular complexity index is 932. The molecule has 0 saturated carbocycles. The van der Waals surface area contributed by atoms with Crippen molar-refractivity contribution in [3.8, 4) is 11.5 Å². The molecular formula is C17H19N2NaO6S. The third kappa shape index (κ3) is 6.33. The Morgan fingerprint density at radius 3 is 2.33 bits per heavy atom. The molecule has 2 aromatic carbocycles. The van der Waals surface area contributed by atoms with Crippen molar-refractivity contribution < 1.29 is 27.9 Å². The van der Waals surface area contributed by atoms with Crippen LogP contribution in [0, 0.1) is 0 Å². The average Bonchev–Trinajstić information content (AvgIpc) is 2.56. The molecule has 27 heavy (non-hydrogen) atoms. The van der Waals surface area contributed by atoms with Crippen molar-refractivity contribution >= 4 is 57.1 Å². The number of anilines is 1. The Balaban J connectivity index is 0.00000364. The number of ether oxygens (including phenoxy) is 1. The number of carbonyl (C=O) groups excluding carboxylic acids is 1. The van der Waals surface area contributed by atoms with Crippen LogP contribution in [0.25, 0.3) is 0 Å². The van der Waals surface area contributed by atoms with Crippen LogP contribution >= 0.6 is 0 Å². The van der Waals surface area contributed by atoms with Gasteiger partial charge < -0.3 is 15.2 Å². The summed E-state index contributed by atoms with van der Waals surface area (Å²) >= 11 is 0. The quantitative estimate of drug-likeness (QED) is 0.605. The van der Waals surface area contributed by atoms with Gasteiger partial charge in [0.1, 0.15) is 10.6 Å². The number of nitrogens with one attached hydrogen (secondary N) is 1. The Labute approximate surface area is 179 Å². The number of carboxylic acid groups (broad SMARTS) is 1. The van der Waals surface area contributed by atoms with E-state index in [0.29, 0.717) is 12.2 Å². The van der Waals surface area contributed by atoms with Gasteiger partial charge >= 0.3 is 35.5 Å². The van der Waals surface area contributed by atoms with Gasteiger partial charge in [0.25, 0.3) is 0 Å². The van der Waals surface area contributed by atoms with Crippen LogP contribution in [0.4, 0.5) is 5.69 Å². The van der Waals surface area contributed by atoms with Crippen LogP contribution in [-0.4, -0.2) is 55.0 Å². The van der Waals surface area contributed by atoms with Crippen LogP contribution in [0.1, 0.15) is 30.1 Å². The molecule has 0 heterocycles. The third-order valence-electron chi connectivity index (χ3n) is 3.32. The molecule has 140 valence electrons. The van der Waals surface area contributed by atoms with Gasteiger partial charge in [0.15, 0.2) is 5.75 Å². The van der Waals surface area contributed by atoms with E-state index >= 15 is 0 Å². The molecule has 0 saturated heterocycles.